The Kier molecular flexibility index (Phi) is 6.79. The van der Waals surface area contributed by atoms with Gasteiger partial charge in [-0.15, -0.1) is 11.8 Å². The van der Waals surface area contributed by atoms with E-state index in [0.717, 1.165) is 35.7 Å². The fraction of sp³-hybridized carbons (Fsp3) is 0.452. The van der Waals surface area contributed by atoms with Gasteiger partial charge in [-0.3, -0.25) is 14.4 Å². The van der Waals surface area contributed by atoms with Crippen LogP contribution in [-0.2, 0) is 19.1 Å². The summed E-state index contributed by atoms with van der Waals surface area (Å²) in [6, 6.07) is 13.2. The Morgan fingerprint density at radius 3 is 2.64 bits per heavy atom. The number of hydrogen-bond donors (Lipinski definition) is 1. The number of benzene rings is 2. The summed E-state index contributed by atoms with van der Waals surface area (Å²) in [5, 5.41) is 11.7. The molecule has 0 saturated carbocycles. The second-order valence-electron chi connectivity index (χ2n) is 11.1. The van der Waals surface area contributed by atoms with Crippen LogP contribution in [0.3, 0.4) is 0 Å². The minimum Gasteiger partial charge on any atom is -0.465 e. The van der Waals surface area contributed by atoms with Crippen molar-refractivity contribution in [1.82, 2.24) is 4.90 Å². The van der Waals surface area contributed by atoms with Gasteiger partial charge in [-0.1, -0.05) is 54.6 Å². The van der Waals surface area contributed by atoms with Gasteiger partial charge in [0, 0.05) is 30.1 Å². The number of likely N-dealkylation sites (tertiary alicyclic amines) is 1. The number of allylic oxidation sites excluding steroid dienone is 1. The molecule has 5 atom stereocenters. The predicted octanol–water partition coefficient (Wildman–Crippen LogP) is 4.10. The minimum absolute atomic E-state index is 0.0916. The summed E-state index contributed by atoms with van der Waals surface area (Å²) >= 11 is 1.55. The van der Waals surface area contributed by atoms with Gasteiger partial charge < -0.3 is 19.6 Å². The summed E-state index contributed by atoms with van der Waals surface area (Å²) in [4.78, 5) is 45.7. The van der Waals surface area contributed by atoms with Crippen molar-refractivity contribution in [3.8, 4) is 0 Å². The first-order chi connectivity index (χ1) is 18.9. The van der Waals surface area contributed by atoms with Crippen LogP contribution in [0, 0.1) is 11.8 Å². The number of carbonyl (C=O) groups excluding carboxylic acids is 3. The highest BCUT2D eigenvalue weighted by Gasteiger charge is 2.73. The standard InChI is InChI=1S/C31H34N2O5S/c1-30-14-6-2-3-7-19-38-29(37)25(30)24-27(35)33(17-9-18-34)26-28(36)32(16-8-15-31(24,26)39-30)23-13-12-21-10-4-5-11-22(21)20-23/h4-6,8,10-15,20,24-26,34H,2-3,7,9,16-19H2,1H3/b14-6-/t24-,25-,26?,30+,31-/m0/s1. The number of aliphatic hydroxyl groups is 1. The quantitative estimate of drug-likeness (QED) is 0.459. The van der Waals surface area contributed by atoms with Crippen molar-refractivity contribution in [3.63, 3.8) is 0 Å². The summed E-state index contributed by atoms with van der Waals surface area (Å²) in [7, 11) is 0. The molecule has 2 amide bonds. The number of rotatable bonds is 4. The van der Waals surface area contributed by atoms with Crippen LogP contribution >= 0.6 is 11.8 Å². The molecule has 4 heterocycles. The van der Waals surface area contributed by atoms with Crippen LogP contribution in [0.5, 0.6) is 0 Å². The molecule has 4 aliphatic heterocycles. The van der Waals surface area contributed by atoms with Gasteiger partial charge in [-0.25, -0.2) is 0 Å². The van der Waals surface area contributed by atoms with E-state index in [1.54, 1.807) is 21.6 Å². The van der Waals surface area contributed by atoms with Crippen LogP contribution in [0.1, 0.15) is 32.6 Å². The maximum absolute atomic E-state index is 14.5. The van der Waals surface area contributed by atoms with Crippen molar-refractivity contribution in [3.05, 3.63) is 66.8 Å². The van der Waals surface area contributed by atoms with E-state index in [-0.39, 0.29) is 30.9 Å². The lowest BCUT2D eigenvalue weighted by Crippen LogP contribution is -2.53. The monoisotopic (exact) mass is 546 g/mol. The average molecular weight is 547 g/mol. The molecule has 0 aromatic heterocycles. The summed E-state index contributed by atoms with van der Waals surface area (Å²) in [6.07, 6.45) is 11.1. The molecular weight excluding hydrogens is 512 g/mol. The van der Waals surface area contributed by atoms with E-state index in [2.05, 4.69) is 12.2 Å². The zero-order valence-electron chi connectivity index (χ0n) is 22.1. The molecule has 7 nitrogen and oxygen atoms in total. The summed E-state index contributed by atoms with van der Waals surface area (Å²) in [5.41, 5.74) is 0.769. The Morgan fingerprint density at radius 2 is 1.82 bits per heavy atom. The van der Waals surface area contributed by atoms with Crippen molar-refractivity contribution in [2.45, 2.75) is 48.1 Å². The number of esters is 1. The van der Waals surface area contributed by atoms with E-state index in [0.29, 0.717) is 19.6 Å². The number of cyclic esters (lactones) is 1. The number of anilines is 1. The summed E-state index contributed by atoms with van der Waals surface area (Å²) in [6.45, 7) is 2.86. The molecule has 2 fully saturated rings. The molecule has 4 aliphatic rings. The van der Waals surface area contributed by atoms with E-state index in [4.69, 9.17) is 4.74 Å². The molecule has 0 aliphatic carbocycles. The van der Waals surface area contributed by atoms with Gasteiger partial charge in [0.2, 0.25) is 5.91 Å². The topological polar surface area (TPSA) is 87.1 Å². The van der Waals surface area contributed by atoms with Crippen molar-refractivity contribution in [1.29, 1.82) is 0 Å². The Balaban J connectivity index is 1.46. The Morgan fingerprint density at radius 1 is 1.00 bits per heavy atom. The molecule has 0 bridgehead atoms. The number of thioether (sulfide) groups is 1. The molecule has 2 aromatic carbocycles. The van der Waals surface area contributed by atoms with Crippen molar-refractivity contribution < 1.29 is 24.2 Å². The van der Waals surface area contributed by atoms with Crippen LogP contribution in [0.25, 0.3) is 10.8 Å². The van der Waals surface area contributed by atoms with Crippen molar-refractivity contribution >= 4 is 46.0 Å². The Bertz CT molecular complexity index is 1370. The molecule has 1 spiro atoms. The molecule has 204 valence electrons. The van der Waals surface area contributed by atoms with Crippen molar-refractivity contribution in [2.24, 2.45) is 11.8 Å². The normalized spacial score (nSPS) is 33.4. The van der Waals surface area contributed by atoms with Gasteiger partial charge in [0.1, 0.15) is 6.04 Å². The molecule has 8 heteroatoms. The number of hydrogen-bond acceptors (Lipinski definition) is 6. The third-order valence-corrected chi connectivity index (χ3v) is 10.4. The maximum atomic E-state index is 14.5. The van der Waals surface area contributed by atoms with Crippen LogP contribution in [-0.4, -0.2) is 69.6 Å². The van der Waals surface area contributed by atoms with E-state index < -0.39 is 27.4 Å². The predicted molar refractivity (Wildman–Crippen MR) is 152 cm³/mol. The second kappa shape index (κ2) is 10.1. The lowest BCUT2D eigenvalue weighted by atomic mass is 9.74. The first kappa shape index (κ1) is 26.1. The number of carbonyl (C=O) groups is 3. The first-order valence-corrected chi connectivity index (χ1v) is 14.6. The molecular formula is C31H34N2O5S. The zero-order chi connectivity index (χ0) is 27.2. The van der Waals surface area contributed by atoms with Gasteiger partial charge in [0.25, 0.3) is 5.91 Å². The highest BCUT2D eigenvalue weighted by molar-refractivity contribution is 8.02. The van der Waals surface area contributed by atoms with Gasteiger partial charge in [-0.2, -0.15) is 0 Å². The molecule has 1 unspecified atom stereocenters. The number of fused-ring (bicyclic) bond motifs is 3. The number of aliphatic hydroxyl groups excluding tert-OH is 1. The van der Waals surface area contributed by atoms with Crippen LogP contribution in [0.2, 0.25) is 0 Å². The molecule has 2 aromatic rings. The molecule has 0 radical (unpaired) electrons. The number of nitrogens with zero attached hydrogens (tertiary/aromatic N) is 2. The number of ether oxygens (including phenoxy) is 1. The number of amides is 2. The van der Waals surface area contributed by atoms with Gasteiger partial charge in [-0.05, 0) is 55.5 Å². The van der Waals surface area contributed by atoms with E-state index >= 15 is 0 Å². The van der Waals surface area contributed by atoms with Gasteiger partial charge in [0.05, 0.1) is 23.2 Å². The average Bonchev–Trinajstić information content (AvgIpc) is 3.26. The Hall–Kier alpha value is -3.10. The van der Waals surface area contributed by atoms with Crippen LogP contribution in [0.15, 0.2) is 66.8 Å². The van der Waals surface area contributed by atoms with Crippen LogP contribution < -0.4 is 4.90 Å². The smallest absolute Gasteiger partial charge is 0.311 e. The minimum atomic E-state index is -0.925. The fourth-order valence-electron chi connectivity index (χ4n) is 6.85. The molecule has 6 rings (SSSR count). The lowest BCUT2D eigenvalue weighted by Gasteiger charge is -2.37. The van der Waals surface area contributed by atoms with Gasteiger partial charge >= 0.3 is 5.97 Å². The largest absolute Gasteiger partial charge is 0.465 e. The van der Waals surface area contributed by atoms with E-state index in [1.807, 2.05) is 61.5 Å². The van der Waals surface area contributed by atoms with E-state index in [9.17, 15) is 19.5 Å². The molecule has 2 saturated heterocycles. The van der Waals surface area contributed by atoms with Crippen LogP contribution in [0.4, 0.5) is 5.69 Å². The Labute approximate surface area is 232 Å². The second-order valence-corrected chi connectivity index (χ2v) is 12.8. The summed E-state index contributed by atoms with van der Waals surface area (Å²) in [5.74, 6) is -2.19. The SMILES string of the molecule is C[C@@]12/C=C\CCCCOC(=O)[C@@H]1[C@H]1C(=O)N(CCCO)C3C(=O)N(c4ccc5ccccc5c4)CC=C[C@@]31S2. The van der Waals surface area contributed by atoms with Gasteiger partial charge in [0.15, 0.2) is 0 Å². The molecule has 1 N–H and O–H groups in total. The highest BCUT2D eigenvalue weighted by Crippen LogP contribution is 2.65. The molecule has 39 heavy (non-hydrogen) atoms. The third kappa shape index (κ3) is 4.19. The lowest BCUT2D eigenvalue weighted by molar-refractivity contribution is -0.154. The highest BCUT2D eigenvalue weighted by atomic mass is 32.2. The van der Waals surface area contributed by atoms with E-state index in [1.165, 1.54) is 0 Å². The first-order valence-electron chi connectivity index (χ1n) is 13.8. The zero-order valence-corrected chi connectivity index (χ0v) is 22.9. The summed E-state index contributed by atoms with van der Waals surface area (Å²) < 4.78 is 4.10. The fourth-order valence-corrected chi connectivity index (χ4v) is 9.01. The maximum Gasteiger partial charge on any atom is 0.311 e. The van der Waals surface area contributed by atoms with Crippen molar-refractivity contribution in [2.75, 3.05) is 31.2 Å². The third-order valence-electron chi connectivity index (χ3n) is 8.60.